The molecule has 0 aromatic carbocycles. The van der Waals surface area contributed by atoms with E-state index < -0.39 is 0 Å². The highest BCUT2D eigenvalue weighted by Crippen LogP contribution is 2.08. The molecule has 2 aliphatic rings. The minimum absolute atomic E-state index is 0.0625. The second-order valence-electron chi connectivity index (χ2n) is 2.56. The lowest BCUT2D eigenvalue weighted by atomic mass is 10.1. The van der Waals surface area contributed by atoms with Gasteiger partial charge in [0.1, 0.15) is 6.04 Å². The first-order valence-electron chi connectivity index (χ1n) is 3.31. The molecule has 2 heterocycles. The molecule has 0 aliphatic carbocycles. The van der Waals surface area contributed by atoms with Crippen LogP contribution in [0.1, 0.15) is 0 Å². The number of nitriles is 1. The zero-order valence-corrected chi connectivity index (χ0v) is 5.39. The molecular formula is C5H9N5. The average Bonchev–Trinajstić information content (AvgIpc) is 2.44. The molecule has 2 saturated heterocycles. The first-order chi connectivity index (χ1) is 4.92. The Morgan fingerprint density at radius 2 is 2.30 bits per heavy atom. The van der Waals surface area contributed by atoms with Crippen molar-refractivity contribution < 1.29 is 0 Å². The molecule has 2 fully saturated rings. The second-order valence-corrected chi connectivity index (χ2v) is 2.56. The summed E-state index contributed by atoms with van der Waals surface area (Å²) in [5.41, 5.74) is 8.78. The van der Waals surface area contributed by atoms with Gasteiger partial charge < -0.3 is 0 Å². The van der Waals surface area contributed by atoms with E-state index in [1.807, 2.05) is 0 Å². The van der Waals surface area contributed by atoms with Crippen molar-refractivity contribution in [2.45, 2.75) is 18.1 Å². The summed E-state index contributed by atoms with van der Waals surface area (Å²) < 4.78 is 0. The molecule has 0 bridgehead atoms. The molecule has 3 atom stereocenters. The number of hydrogen-bond donors (Lipinski definition) is 4. The quantitative estimate of drug-likeness (QED) is 0.307. The summed E-state index contributed by atoms with van der Waals surface area (Å²) in [5, 5.41) is 11.7. The maximum atomic E-state index is 8.61. The first kappa shape index (κ1) is 6.07. The minimum Gasteiger partial charge on any atom is -0.299 e. The average molecular weight is 139 g/mol. The summed E-state index contributed by atoms with van der Waals surface area (Å²) >= 11 is 0. The van der Waals surface area contributed by atoms with Gasteiger partial charge in [0.2, 0.25) is 0 Å². The smallest absolute Gasteiger partial charge is 0.114 e. The van der Waals surface area contributed by atoms with E-state index in [2.05, 4.69) is 27.8 Å². The standard InChI is InChI=1S/C5H9N5/c6-1-3-5-4(2-7-3)8-10-9-5/h3-5,7-10H,2H2. The molecule has 3 unspecified atom stereocenters. The number of hydrogen-bond acceptors (Lipinski definition) is 5. The third kappa shape index (κ3) is 0.711. The van der Waals surface area contributed by atoms with E-state index in [0.29, 0.717) is 6.04 Å². The van der Waals surface area contributed by atoms with Crippen molar-refractivity contribution in [3.63, 3.8) is 0 Å². The van der Waals surface area contributed by atoms with Crippen molar-refractivity contribution in [2.24, 2.45) is 0 Å². The summed E-state index contributed by atoms with van der Waals surface area (Å²) in [4.78, 5) is 0. The summed E-state index contributed by atoms with van der Waals surface area (Å²) in [7, 11) is 0. The van der Waals surface area contributed by atoms with Gasteiger partial charge in [-0.25, -0.2) is 10.9 Å². The van der Waals surface area contributed by atoms with Crippen molar-refractivity contribution in [2.75, 3.05) is 6.54 Å². The van der Waals surface area contributed by atoms with Crippen molar-refractivity contribution in [3.8, 4) is 6.07 Å². The van der Waals surface area contributed by atoms with Crippen LogP contribution in [0.5, 0.6) is 0 Å². The molecule has 5 nitrogen and oxygen atoms in total. The van der Waals surface area contributed by atoms with Crippen LogP contribution in [0.25, 0.3) is 0 Å². The Balaban J connectivity index is 2.10. The topological polar surface area (TPSA) is 71.9 Å². The Hall–Kier alpha value is -0.670. The highest BCUT2D eigenvalue weighted by Gasteiger charge is 2.38. The molecule has 0 spiro atoms. The summed E-state index contributed by atoms with van der Waals surface area (Å²) in [6, 6.07) is 2.68. The summed E-state index contributed by atoms with van der Waals surface area (Å²) in [6.07, 6.45) is 0. The monoisotopic (exact) mass is 139 g/mol. The Kier molecular flexibility index (Phi) is 1.32. The molecular weight excluding hydrogens is 130 g/mol. The maximum Gasteiger partial charge on any atom is 0.114 e. The Morgan fingerprint density at radius 3 is 3.10 bits per heavy atom. The zero-order valence-electron chi connectivity index (χ0n) is 5.39. The number of rotatable bonds is 0. The molecule has 2 aliphatic heterocycles. The first-order valence-corrected chi connectivity index (χ1v) is 3.31. The highest BCUT2D eigenvalue weighted by molar-refractivity contribution is 5.10. The van der Waals surface area contributed by atoms with E-state index in [9.17, 15) is 0 Å². The van der Waals surface area contributed by atoms with Crippen LogP contribution in [0.3, 0.4) is 0 Å². The molecule has 4 N–H and O–H groups in total. The molecule has 10 heavy (non-hydrogen) atoms. The Morgan fingerprint density at radius 1 is 1.40 bits per heavy atom. The molecule has 0 aromatic heterocycles. The van der Waals surface area contributed by atoms with Crippen LogP contribution < -0.4 is 21.7 Å². The SMILES string of the molecule is N#CC1NCC2NNNC12. The molecule has 2 rings (SSSR count). The van der Waals surface area contributed by atoms with Gasteiger partial charge in [0.05, 0.1) is 18.2 Å². The van der Waals surface area contributed by atoms with Gasteiger partial charge in [-0.3, -0.25) is 5.32 Å². The van der Waals surface area contributed by atoms with E-state index in [4.69, 9.17) is 5.26 Å². The van der Waals surface area contributed by atoms with Crippen LogP contribution in [-0.2, 0) is 0 Å². The van der Waals surface area contributed by atoms with Crippen molar-refractivity contribution in [1.29, 1.82) is 5.26 Å². The van der Waals surface area contributed by atoms with Crippen LogP contribution in [0.2, 0.25) is 0 Å². The lowest BCUT2D eigenvalue weighted by molar-refractivity contribution is 0.495. The second kappa shape index (κ2) is 2.18. The third-order valence-corrected chi connectivity index (χ3v) is 1.99. The normalized spacial score (nSPS) is 44.9. The van der Waals surface area contributed by atoms with Crippen LogP contribution in [0.4, 0.5) is 0 Å². The van der Waals surface area contributed by atoms with Crippen molar-refractivity contribution in [3.05, 3.63) is 0 Å². The molecule has 54 valence electrons. The Labute approximate surface area is 58.7 Å². The van der Waals surface area contributed by atoms with Crippen LogP contribution in [0.15, 0.2) is 0 Å². The van der Waals surface area contributed by atoms with Gasteiger partial charge >= 0.3 is 0 Å². The van der Waals surface area contributed by atoms with Gasteiger partial charge in [-0.2, -0.15) is 10.8 Å². The van der Waals surface area contributed by atoms with E-state index in [1.165, 1.54) is 0 Å². The molecule has 5 heteroatoms. The Bertz CT molecular complexity index is 173. The van der Waals surface area contributed by atoms with Gasteiger partial charge in [-0.1, -0.05) is 0 Å². The number of nitrogens with zero attached hydrogens (tertiary/aromatic N) is 1. The van der Waals surface area contributed by atoms with Crippen molar-refractivity contribution >= 4 is 0 Å². The largest absolute Gasteiger partial charge is 0.299 e. The van der Waals surface area contributed by atoms with Crippen LogP contribution in [-0.4, -0.2) is 24.7 Å². The van der Waals surface area contributed by atoms with Crippen LogP contribution in [0, 0.1) is 11.3 Å². The fourth-order valence-corrected chi connectivity index (χ4v) is 1.41. The zero-order chi connectivity index (χ0) is 6.97. The number of nitrogens with one attached hydrogen (secondary N) is 4. The van der Waals surface area contributed by atoms with Gasteiger partial charge in [-0.05, 0) is 0 Å². The van der Waals surface area contributed by atoms with E-state index in [-0.39, 0.29) is 12.1 Å². The van der Waals surface area contributed by atoms with E-state index >= 15 is 0 Å². The van der Waals surface area contributed by atoms with Crippen LogP contribution >= 0.6 is 0 Å². The highest BCUT2D eigenvalue weighted by atomic mass is 15.7. The molecule has 0 radical (unpaired) electrons. The summed E-state index contributed by atoms with van der Waals surface area (Å²) in [6.45, 7) is 0.850. The summed E-state index contributed by atoms with van der Waals surface area (Å²) in [5.74, 6) is 0. The molecule has 0 aromatic rings. The van der Waals surface area contributed by atoms with Gasteiger partial charge in [0, 0.05) is 6.54 Å². The third-order valence-electron chi connectivity index (χ3n) is 1.99. The van der Waals surface area contributed by atoms with Gasteiger partial charge in [0.15, 0.2) is 0 Å². The maximum absolute atomic E-state index is 8.61. The lowest BCUT2D eigenvalue weighted by Gasteiger charge is -2.07. The lowest BCUT2D eigenvalue weighted by Crippen LogP contribution is -2.42. The predicted octanol–water partition coefficient (Wildman–Crippen LogP) is -2.17. The molecule has 0 saturated carbocycles. The van der Waals surface area contributed by atoms with E-state index in [1.54, 1.807) is 0 Å². The predicted molar refractivity (Wildman–Crippen MR) is 34.4 cm³/mol. The van der Waals surface area contributed by atoms with E-state index in [0.717, 1.165) is 6.54 Å². The van der Waals surface area contributed by atoms with Gasteiger partial charge in [0.25, 0.3) is 0 Å². The minimum atomic E-state index is -0.0625. The number of fused-ring (bicyclic) bond motifs is 1. The fraction of sp³-hybridized carbons (Fsp3) is 0.800. The number of hydrazine groups is 2. The fourth-order valence-electron chi connectivity index (χ4n) is 1.41. The van der Waals surface area contributed by atoms with Crippen molar-refractivity contribution in [1.82, 2.24) is 21.7 Å². The van der Waals surface area contributed by atoms with Gasteiger partial charge in [-0.15, -0.1) is 0 Å². The molecule has 0 amide bonds.